The number of alkyl halides is 2. The zero-order chi connectivity index (χ0) is 13.7. The third-order valence-electron chi connectivity index (χ3n) is 5.53. The maximum Gasteiger partial charge on any atom is 0.226 e. The van der Waals surface area contributed by atoms with E-state index >= 15 is 0 Å². The van der Waals surface area contributed by atoms with E-state index in [1.807, 2.05) is 6.92 Å². The van der Waals surface area contributed by atoms with Crippen LogP contribution in [-0.4, -0.2) is 23.2 Å². The van der Waals surface area contributed by atoms with Gasteiger partial charge in [-0.2, -0.15) is 0 Å². The summed E-state index contributed by atoms with van der Waals surface area (Å²) >= 11 is 11.9. The minimum atomic E-state index is -0.469. The second-order valence-electron chi connectivity index (χ2n) is 7.48. The lowest BCUT2D eigenvalue weighted by Gasteiger charge is -2.56. The number of amides is 1. The quantitative estimate of drug-likeness (QED) is 0.791. The second kappa shape index (κ2) is 4.80. The number of carbonyl (C=O) groups excluding carboxylic acids is 1. The van der Waals surface area contributed by atoms with Crippen LogP contribution in [0.4, 0.5) is 0 Å². The van der Waals surface area contributed by atoms with E-state index in [0.717, 1.165) is 37.0 Å². The van der Waals surface area contributed by atoms with E-state index in [-0.39, 0.29) is 11.3 Å². The van der Waals surface area contributed by atoms with Gasteiger partial charge in [-0.15, -0.1) is 23.2 Å². The smallest absolute Gasteiger partial charge is 0.226 e. The van der Waals surface area contributed by atoms with Gasteiger partial charge in [0, 0.05) is 17.2 Å². The highest BCUT2D eigenvalue weighted by molar-refractivity contribution is 6.22. The van der Waals surface area contributed by atoms with Gasteiger partial charge in [-0.1, -0.05) is 0 Å². The zero-order valence-electron chi connectivity index (χ0n) is 11.6. The summed E-state index contributed by atoms with van der Waals surface area (Å²) in [6, 6.07) is 0. The predicted molar refractivity (Wildman–Crippen MR) is 78.6 cm³/mol. The van der Waals surface area contributed by atoms with E-state index in [2.05, 4.69) is 5.32 Å². The van der Waals surface area contributed by atoms with Crippen LogP contribution in [0.1, 0.15) is 45.4 Å². The summed E-state index contributed by atoms with van der Waals surface area (Å²) < 4.78 is 0. The van der Waals surface area contributed by atoms with Crippen LogP contribution in [0.3, 0.4) is 0 Å². The Kier molecular flexibility index (Phi) is 3.54. The highest BCUT2D eigenvalue weighted by atomic mass is 35.5. The van der Waals surface area contributed by atoms with Gasteiger partial charge in [-0.05, 0) is 63.2 Å². The second-order valence-corrected chi connectivity index (χ2v) is 8.01. The number of hydrogen-bond donors (Lipinski definition) is 1. The molecule has 4 fully saturated rings. The summed E-state index contributed by atoms with van der Waals surface area (Å²) in [4.78, 5) is 12.8. The Morgan fingerprint density at radius 2 is 1.53 bits per heavy atom. The molecule has 19 heavy (non-hydrogen) atoms. The SMILES string of the molecule is CC(CCl)(CCl)NC(=O)C12CC3CC(CC(C3)C1)C2. The van der Waals surface area contributed by atoms with Gasteiger partial charge < -0.3 is 5.32 Å². The van der Waals surface area contributed by atoms with Crippen LogP contribution in [0.2, 0.25) is 0 Å². The minimum Gasteiger partial charge on any atom is -0.348 e. The molecule has 0 spiro atoms. The summed E-state index contributed by atoms with van der Waals surface area (Å²) in [7, 11) is 0. The van der Waals surface area contributed by atoms with Crippen LogP contribution >= 0.6 is 23.2 Å². The van der Waals surface area contributed by atoms with Gasteiger partial charge in [0.1, 0.15) is 0 Å². The van der Waals surface area contributed by atoms with Crippen molar-refractivity contribution < 1.29 is 4.79 Å². The molecule has 1 amide bonds. The average Bonchev–Trinajstić information content (AvgIpc) is 2.37. The van der Waals surface area contributed by atoms with E-state index < -0.39 is 5.54 Å². The molecule has 0 aliphatic heterocycles. The van der Waals surface area contributed by atoms with Gasteiger partial charge in [0.25, 0.3) is 0 Å². The number of nitrogens with one attached hydrogen (secondary N) is 1. The molecule has 0 aromatic rings. The molecular formula is C15H23Cl2NO. The fraction of sp³-hybridized carbons (Fsp3) is 0.933. The van der Waals surface area contributed by atoms with Crippen LogP contribution in [0, 0.1) is 23.2 Å². The Morgan fingerprint density at radius 1 is 1.11 bits per heavy atom. The molecule has 4 aliphatic rings. The lowest BCUT2D eigenvalue weighted by Crippen LogP contribution is -2.59. The van der Waals surface area contributed by atoms with Crippen molar-refractivity contribution in [3.63, 3.8) is 0 Å². The van der Waals surface area contributed by atoms with Gasteiger partial charge in [-0.3, -0.25) is 4.79 Å². The summed E-state index contributed by atoms with van der Waals surface area (Å²) in [5.41, 5.74) is -0.572. The van der Waals surface area contributed by atoms with Crippen molar-refractivity contribution in [2.75, 3.05) is 11.8 Å². The third-order valence-corrected chi connectivity index (χ3v) is 6.70. The highest BCUT2D eigenvalue weighted by Crippen LogP contribution is 2.60. The first-order valence-corrected chi connectivity index (χ1v) is 8.50. The van der Waals surface area contributed by atoms with Crippen molar-refractivity contribution in [2.24, 2.45) is 23.2 Å². The van der Waals surface area contributed by atoms with Crippen molar-refractivity contribution in [3.05, 3.63) is 0 Å². The Morgan fingerprint density at radius 3 is 1.89 bits per heavy atom. The molecule has 4 aliphatic carbocycles. The molecule has 1 N–H and O–H groups in total. The Hall–Kier alpha value is 0.0500. The van der Waals surface area contributed by atoms with Crippen LogP contribution in [0.5, 0.6) is 0 Å². The molecule has 4 rings (SSSR count). The van der Waals surface area contributed by atoms with E-state index in [1.165, 1.54) is 19.3 Å². The summed E-state index contributed by atoms with van der Waals surface area (Å²) in [6.07, 6.45) is 7.33. The van der Waals surface area contributed by atoms with Crippen molar-refractivity contribution in [1.29, 1.82) is 0 Å². The molecule has 0 radical (unpaired) electrons. The predicted octanol–water partition coefficient (Wildman–Crippen LogP) is 3.56. The van der Waals surface area contributed by atoms with Crippen LogP contribution in [0.25, 0.3) is 0 Å². The largest absolute Gasteiger partial charge is 0.348 e. The van der Waals surface area contributed by atoms with E-state index in [1.54, 1.807) is 0 Å². The Bertz CT molecular complexity index is 343. The van der Waals surface area contributed by atoms with E-state index in [4.69, 9.17) is 23.2 Å². The monoisotopic (exact) mass is 303 g/mol. The molecule has 0 heterocycles. The molecule has 4 heteroatoms. The van der Waals surface area contributed by atoms with Crippen molar-refractivity contribution >= 4 is 29.1 Å². The summed E-state index contributed by atoms with van der Waals surface area (Å²) in [6.45, 7) is 1.94. The molecule has 0 atom stereocenters. The Labute approximate surface area is 125 Å². The molecule has 2 nitrogen and oxygen atoms in total. The average molecular weight is 304 g/mol. The molecule has 108 valence electrons. The lowest BCUT2D eigenvalue weighted by molar-refractivity contribution is -0.147. The molecular weight excluding hydrogens is 281 g/mol. The van der Waals surface area contributed by atoms with Gasteiger partial charge in [0.2, 0.25) is 5.91 Å². The normalized spacial score (nSPS) is 40.5. The van der Waals surface area contributed by atoms with Crippen molar-refractivity contribution in [3.8, 4) is 0 Å². The first-order chi connectivity index (χ1) is 8.98. The summed E-state index contributed by atoms with van der Waals surface area (Å²) in [5.74, 6) is 3.32. The first kappa shape index (κ1) is 14.0. The van der Waals surface area contributed by atoms with Crippen LogP contribution < -0.4 is 5.32 Å². The summed E-state index contributed by atoms with van der Waals surface area (Å²) in [5, 5.41) is 3.15. The number of carbonyl (C=O) groups is 1. The molecule has 0 aromatic carbocycles. The minimum absolute atomic E-state index is 0.103. The fourth-order valence-electron chi connectivity index (χ4n) is 4.90. The standard InChI is InChI=1S/C15H23Cl2NO/c1-14(8-16,9-17)18-13(19)15-5-10-2-11(6-15)4-12(3-10)7-15/h10-12H,2-9H2,1H3,(H,18,19). The Balaban J connectivity index is 1.76. The maximum atomic E-state index is 12.8. The maximum absolute atomic E-state index is 12.8. The van der Waals surface area contributed by atoms with Gasteiger partial charge in [0.05, 0.1) is 5.54 Å². The van der Waals surface area contributed by atoms with Gasteiger partial charge in [0.15, 0.2) is 0 Å². The molecule has 4 saturated carbocycles. The molecule has 4 bridgehead atoms. The number of halogens is 2. The first-order valence-electron chi connectivity index (χ1n) is 7.43. The number of hydrogen-bond acceptors (Lipinski definition) is 1. The molecule has 0 unspecified atom stereocenters. The topological polar surface area (TPSA) is 29.1 Å². The molecule has 0 saturated heterocycles. The highest BCUT2D eigenvalue weighted by Gasteiger charge is 2.55. The van der Waals surface area contributed by atoms with Crippen LogP contribution in [-0.2, 0) is 4.79 Å². The molecule has 0 aromatic heterocycles. The van der Waals surface area contributed by atoms with E-state index in [9.17, 15) is 4.79 Å². The zero-order valence-corrected chi connectivity index (χ0v) is 13.1. The van der Waals surface area contributed by atoms with Crippen molar-refractivity contribution in [1.82, 2.24) is 5.32 Å². The van der Waals surface area contributed by atoms with Crippen molar-refractivity contribution in [2.45, 2.75) is 51.0 Å². The van der Waals surface area contributed by atoms with E-state index in [0.29, 0.717) is 11.8 Å². The lowest BCUT2D eigenvalue weighted by atomic mass is 9.49. The fourth-order valence-corrected chi connectivity index (χ4v) is 5.32. The number of rotatable bonds is 4. The third kappa shape index (κ3) is 2.40. The van der Waals surface area contributed by atoms with Gasteiger partial charge in [-0.25, -0.2) is 0 Å². The van der Waals surface area contributed by atoms with Gasteiger partial charge >= 0.3 is 0 Å². The van der Waals surface area contributed by atoms with Crippen LogP contribution in [0.15, 0.2) is 0 Å².